The minimum Gasteiger partial charge on any atom is -0.392 e. The summed E-state index contributed by atoms with van der Waals surface area (Å²) in [6, 6.07) is 15.1. The molecule has 0 saturated carbocycles. The van der Waals surface area contributed by atoms with Crippen LogP contribution in [0, 0.1) is 11.3 Å². The molecular formula is C16H15ClN2O. The van der Waals surface area contributed by atoms with Gasteiger partial charge in [-0.3, -0.25) is 0 Å². The fourth-order valence-electron chi connectivity index (χ4n) is 1.94. The summed E-state index contributed by atoms with van der Waals surface area (Å²) in [5.74, 6) is 0. The molecule has 102 valence electrons. The van der Waals surface area contributed by atoms with Gasteiger partial charge in [-0.05, 0) is 28.8 Å². The topological polar surface area (TPSA) is 56.0 Å². The molecule has 0 atom stereocenters. The van der Waals surface area contributed by atoms with Crippen LogP contribution >= 0.6 is 11.6 Å². The van der Waals surface area contributed by atoms with Crippen LogP contribution < -0.4 is 5.32 Å². The molecule has 0 aromatic heterocycles. The maximum absolute atomic E-state index is 9.09. The summed E-state index contributed by atoms with van der Waals surface area (Å²) in [4.78, 5) is 0. The van der Waals surface area contributed by atoms with E-state index >= 15 is 0 Å². The van der Waals surface area contributed by atoms with Crippen molar-refractivity contribution in [3.05, 3.63) is 69.7 Å². The average Bonchev–Trinajstić information content (AvgIpc) is 2.49. The Hall–Kier alpha value is -1.86. The van der Waals surface area contributed by atoms with E-state index in [9.17, 15) is 0 Å². The Morgan fingerprint density at radius 1 is 1.10 bits per heavy atom. The van der Waals surface area contributed by atoms with E-state index in [-0.39, 0.29) is 6.61 Å². The highest BCUT2D eigenvalue weighted by atomic mass is 35.5. The van der Waals surface area contributed by atoms with Crippen molar-refractivity contribution in [3.63, 3.8) is 0 Å². The van der Waals surface area contributed by atoms with Crippen LogP contribution in [0.25, 0.3) is 0 Å². The molecule has 2 aromatic carbocycles. The lowest BCUT2D eigenvalue weighted by molar-refractivity contribution is 0.281. The fourth-order valence-corrected chi connectivity index (χ4v) is 2.19. The molecule has 0 saturated heterocycles. The summed E-state index contributed by atoms with van der Waals surface area (Å²) < 4.78 is 0. The maximum atomic E-state index is 9.09. The van der Waals surface area contributed by atoms with Crippen molar-refractivity contribution < 1.29 is 5.11 Å². The van der Waals surface area contributed by atoms with Crippen LogP contribution in [-0.2, 0) is 19.7 Å². The first-order chi connectivity index (χ1) is 9.72. The van der Waals surface area contributed by atoms with E-state index in [1.54, 1.807) is 12.1 Å². The van der Waals surface area contributed by atoms with Gasteiger partial charge in [-0.15, -0.1) is 0 Å². The van der Waals surface area contributed by atoms with E-state index in [4.69, 9.17) is 22.0 Å². The van der Waals surface area contributed by atoms with Gasteiger partial charge in [-0.25, -0.2) is 0 Å². The van der Waals surface area contributed by atoms with Crippen LogP contribution in [0.3, 0.4) is 0 Å². The molecule has 0 bridgehead atoms. The first-order valence-corrected chi connectivity index (χ1v) is 6.68. The molecule has 0 aliphatic heterocycles. The smallest absolute Gasteiger partial charge is 0.0992 e. The maximum Gasteiger partial charge on any atom is 0.0992 e. The van der Waals surface area contributed by atoms with E-state index in [2.05, 4.69) is 11.4 Å². The van der Waals surface area contributed by atoms with Gasteiger partial charge in [0, 0.05) is 18.1 Å². The van der Waals surface area contributed by atoms with Crippen LogP contribution in [-0.4, -0.2) is 5.11 Å². The number of hydrogen-bond acceptors (Lipinski definition) is 3. The molecule has 0 heterocycles. The molecular weight excluding hydrogens is 272 g/mol. The van der Waals surface area contributed by atoms with Crippen molar-refractivity contribution >= 4 is 11.6 Å². The molecule has 20 heavy (non-hydrogen) atoms. The minimum absolute atomic E-state index is 0.0509. The lowest BCUT2D eigenvalue weighted by atomic mass is 10.1. The second-order valence-corrected chi connectivity index (χ2v) is 4.91. The molecule has 0 fully saturated rings. The van der Waals surface area contributed by atoms with Crippen molar-refractivity contribution in [1.29, 1.82) is 5.26 Å². The van der Waals surface area contributed by atoms with Crippen LogP contribution in [0.2, 0.25) is 5.02 Å². The Labute approximate surface area is 123 Å². The minimum atomic E-state index is 0.0509. The summed E-state index contributed by atoms with van der Waals surface area (Å²) in [7, 11) is 0. The molecule has 2 aromatic rings. The van der Waals surface area contributed by atoms with Gasteiger partial charge in [0.2, 0.25) is 0 Å². The van der Waals surface area contributed by atoms with Crippen molar-refractivity contribution in [2.24, 2.45) is 0 Å². The Bertz CT molecular complexity index is 635. The van der Waals surface area contributed by atoms with Crippen molar-refractivity contribution in [2.45, 2.75) is 19.7 Å². The Balaban J connectivity index is 1.94. The summed E-state index contributed by atoms with van der Waals surface area (Å²) in [5.41, 5.74) is 3.54. The van der Waals surface area contributed by atoms with Crippen molar-refractivity contribution in [3.8, 4) is 6.07 Å². The van der Waals surface area contributed by atoms with Crippen molar-refractivity contribution in [1.82, 2.24) is 5.32 Å². The Morgan fingerprint density at radius 3 is 2.60 bits per heavy atom. The molecule has 0 aliphatic rings. The lowest BCUT2D eigenvalue weighted by Gasteiger charge is -2.08. The number of benzene rings is 2. The molecule has 2 N–H and O–H groups in total. The third-order valence-electron chi connectivity index (χ3n) is 3.00. The molecule has 0 unspecified atom stereocenters. The highest BCUT2D eigenvalue weighted by Gasteiger charge is 2.02. The summed E-state index contributed by atoms with van der Waals surface area (Å²) in [6.07, 6.45) is 0. The number of nitriles is 1. The number of aliphatic hydroxyl groups excluding tert-OH is 1. The monoisotopic (exact) mass is 286 g/mol. The van der Waals surface area contributed by atoms with Gasteiger partial charge >= 0.3 is 0 Å². The van der Waals surface area contributed by atoms with Crippen LogP contribution in [0.15, 0.2) is 42.5 Å². The first-order valence-electron chi connectivity index (χ1n) is 6.31. The molecule has 0 radical (unpaired) electrons. The van der Waals surface area contributed by atoms with Crippen LogP contribution in [0.1, 0.15) is 22.3 Å². The molecule has 4 heteroatoms. The van der Waals surface area contributed by atoms with Crippen molar-refractivity contribution in [2.75, 3.05) is 0 Å². The van der Waals surface area contributed by atoms with Gasteiger partial charge in [0.1, 0.15) is 0 Å². The predicted molar refractivity (Wildman–Crippen MR) is 79.1 cm³/mol. The third kappa shape index (κ3) is 3.82. The summed E-state index contributed by atoms with van der Waals surface area (Å²) in [6.45, 7) is 1.38. The van der Waals surface area contributed by atoms with Gasteiger partial charge in [-0.2, -0.15) is 5.26 Å². The van der Waals surface area contributed by atoms with E-state index < -0.39 is 0 Å². The first kappa shape index (κ1) is 14.5. The third-order valence-corrected chi connectivity index (χ3v) is 3.35. The zero-order valence-electron chi connectivity index (χ0n) is 10.9. The average molecular weight is 287 g/mol. The Kier molecular flexibility index (Phi) is 5.14. The molecule has 0 aliphatic carbocycles. The van der Waals surface area contributed by atoms with E-state index in [0.29, 0.717) is 23.7 Å². The summed E-state index contributed by atoms with van der Waals surface area (Å²) in [5, 5.41) is 21.8. The SMILES string of the molecule is N#Cc1ccc(CNCc2cccc(CO)c2)c(Cl)c1. The number of nitrogens with zero attached hydrogens (tertiary/aromatic N) is 1. The second kappa shape index (κ2) is 7.06. The van der Waals surface area contributed by atoms with Gasteiger partial charge in [0.15, 0.2) is 0 Å². The molecule has 0 amide bonds. The highest BCUT2D eigenvalue weighted by molar-refractivity contribution is 6.31. The highest BCUT2D eigenvalue weighted by Crippen LogP contribution is 2.17. The fraction of sp³-hybridized carbons (Fsp3) is 0.188. The van der Waals surface area contributed by atoms with Gasteiger partial charge in [0.25, 0.3) is 0 Å². The predicted octanol–water partition coefficient (Wildman–Crippen LogP) is 2.99. The summed E-state index contributed by atoms with van der Waals surface area (Å²) >= 11 is 6.11. The molecule has 0 spiro atoms. The number of halogens is 1. The number of nitrogens with one attached hydrogen (secondary N) is 1. The largest absolute Gasteiger partial charge is 0.392 e. The zero-order chi connectivity index (χ0) is 14.4. The number of hydrogen-bond donors (Lipinski definition) is 2. The van der Waals surface area contributed by atoms with E-state index in [1.165, 1.54) is 0 Å². The number of rotatable bonds is 5. The molecule has 2 rings (SSSR count). The van der Waals surface area contributed by atoms with Crippen LogP contribution in [0.5, 0.6) is 0 Å². The Morgan fingerprint density at radius 2 is 1.90 bits per heavy atom. The number of aliphatic hydroxyl groups is 1. The zero-order valence-corrected chi connectivity index (χ0v) is 11.7. The molecule has 3 nitrogen and oxygen atoms in total. The lowest BCUT2D eigenvalue weighted by Crippen LogP contribution is -2.13. The normalized spacial score (nSPS) is 10.2. The second-order valence-electron chi connectivity index (χ2n) is 4.50. The quantitative estimate of drug-likeness (QED) is 0.888. The van der Waals surface area contributed by atoms with Gasteiger partial charge in [0.05, 0.1) is 18.2 Å². The standard InChI is InChI=1S/C16H15ClN2O/c17-16-7-12(8-18)4-5-15(16)10-19-9-13-2-1-3-14(6-13)11-20/h1-7,19-20H,9-11H2. The van der Waals surface area contributed by atoms with E-state index in [0.717, 1.165) is 16.7 Å². The van der Waals surface area contributed by atoms with Gasteiger partial charge in [-0.1, -0.05) is 41.9 Å². The van der Waals surface area contributed by atoms with Gasteiger partial charge < -0.3 is 10.4 Å². The van der Waals surface area contributed by atoms with Crippen LogP contribution in [0.4, 0.5) is 0 Å². The van der Waals surface area contributed by atoms with E-state index in [1.807, 2.05) is 30.3 Å².